The van der Waals surface area contributed by atoms with Gasteiger partial charge < -0.3 is 4.74 Å². The molecule has 0 saturated carbocycles. The smallest absolute Gasteiger partial charge is 0.166 e. The molecule has 0 unspecified atom stereocenters. The normalized spacial score (nSPS) is 12.0. The second-order valence-electron chi connectivity index (χ2n) is 4.41. The van der Waals surface area contributed by atoms with Crippen molar-refractivity contribution in [2.75, 3.05) is 6.61 Å². The molecule has 0 aliphatic rings. The van der Waals surface area contributed by atoms with Gasteiger partial charge >= 0.3 is 0 Å². The first-order chi connectivity index (χ1) is 9.31. The third-order valence-electron chi connectivity index (χ3n) is 2.48. The van der Waals surface area contributed by atoms with Gasteiger partial charge in [0.1, 0.15) is 5.76 Å². The Morgan fingerprint density at radius 1 is 1.05 bits per heavy atom. The summed E-state index contributed by atoms with van der Waals surface area (Å²) >= 11 is 0. The van der Waals surface area contributed by atoms with Crippen molar-refractivity contribution in [3.63, 3.8) is 0 Å². The van der Waals surface area contributed by atoms with Gasteiger partial charge in [-0.1, -0.05) is 45.7 Å². The highest BCUT2D eigenvalue weighted by atomic mass is 19.2. The van der Waals surface area contributed by atoms with E-state index in [2.05, 4.69) is 33.2 Å². The summed E-state index contributed by atoms with van der Waals surface area (Å²) in [6.07, 6.45) is 5.00. The Balaban J connectivity index is 4.62. The average Bonchev–Trinajstić information content (AvgIpc) is 2.42. The summed E-state index contributed by atoms with van der Waals surface area (Å²) in [7, 11) is 0. The van der Waals surface area contributed by atoms with Gasteiger partial charge in [-0.25, -0.2) is 8.78 Å². The molecule has 1 nitrogen and oxygen atoms in total. The lowest BCUT2D eigenvalue weighted by molar-refractivity contribution is 0.221. The quantitative estimate of drug-likeness (QED) is 0.298. The number of ether oxygens (including phenoxy) is 1. The van der Waals surface area contributed by atoms with Crippen LogP contribution in [0.1, 0.15) is 26.7 Å². The SMILES string of the molecule is C=C(/C=C\C(=C)C(=C)/C(F)=C(/F)C(=C)C)OCCCC. The Hall–Kier alpha value is -1.90. The molecule has 0 amide bonds. The first-order valence-corrected chi connectivity index (χ1v) is 6.40. The van der Waals surface area contributed by atoms with Crippen molar-refractivity contribution in [1.82, 2.24) is 0 Å². The van der Waals surface area contributed by atoms with E-state index in [9.17, 15) is 8.78 Å². The van der Waals surface area contributed by atoms with Crippen LogP contribution >= 0.6 is 0 Å². The van der Waals surface area contributed by atoms with Gasteiger partial charge in [-0.15, -0.1) is 0 Å². The second-order valence-corrected chi connectivity index (χ2v) is 4.41. The van der Waals surface area contributed by atoms with Crippen molar-refractivity contribution >= 4 is 0 Å². The van der Waals surface area contributed by atoms with Crippen LogP contribution in [0.4, 0.5) is 8.78 Å². The molecule has 110 valence electrons. The summed E-state index contributed by atoms with van der Waals surface area (Å²) in [4.78, 5) is 0. The van der Waals surface area contributed by atoms with E-state index in [1.54, 1.807) is 6.08 Å². The Labute approximate surface area is 120 Å². The number of rotatable bonds is 9. The molecule has 0 aliphatic carbocycles. The third-order valence-corrected chi connectivity index (χ3v) is 2.48. The summed E-state index contributed by atoms with van der Waals surface area (Å²) < 4.78 is 32.3. The molecular formula is C17H22F2O. The molecule has 0 saturated heterocycles. The highest BCUT2D eigenvalue weighted by molar-refractivity contribution is 5.49. The molecule has 0 rings (SSSR count). The summed E-state index contributed by atoms with van der Waals surface area (Å²) in [5, 5.41) is 0. The van der Waals surface area contributed by atoms with Crippen LogP contribution in [0.5, 0.6) is 0 Å². The van der Waals surface area contributed by atoms with Crippen LogP contribution in [0, 0.1) is 0 Å². The Kier molecular flexibility index (Phi) is 8.21. The fourth-order valence-corrected chi connectivity index (χ4v) is 1.15. The monoisotopic (exact) mass is 280 g/mol. The summed E-state index contributed by atoms with van der Waals surface area (Å²) in [6, 6.07) is 0. The molecule has 0 aromatic rings. The number of unbranched alkanes of at least 4 members (excludes halogenated alkanes) is 1. The van der Waals surface area contributed by atoms with Gasteiger partial charge in [-0.2, -0.15) is 0 Å². The molecule has 0 atom stereocenters. The standard InChI is InChI=1S/C17H22F2O/c1-7-8-11-20-14(5)10-9-13(4)15(6)17(19)16(18)12(2)3/h9-10H,2,4-8,11H2,1,3H3/b10-9-,17-16-. The van der Waals surface area contributed by atoms with E-state index >= 15 is 0 Å². The zero-order chi connectivity index (χ0) is 15.7. The fourth-order valence-electron chi connectivity index (χ4n) is 1.15. The van der Waals surface area contributed by atoms with E-state index in [-0.39, 0.29) is 16.7 Å². The molecule has 0 N–H and O–H groups in total. The summed E-state index contributed by atoms with van der Waals surface area (Å²) in [6.45, 7) is 18.1. The van der Waals surface area contributed by atoms with Crippen LogP contribution in [-0.2, 0) is 4.74 Å². The minimum absolute atomic E-state index is 0.00717. The molecule has 0 aliphatic heterocycles. The highest BCUT2D eigenvalue weighted by Gasteiger charge is 2.11. The van der Waals surface area contributed by atoms with Gasteiger partial charge in [-0.3, -0.25) is 0 Å². The van der Waals surface area contributed by atoms with Crippen LogP contribution in [0.3, 0.4) is 0 Å². The lowest BCUT2D eigenvalue weighted by Gasteiger charge is -2.06. The molecule has 0 aromatic carbocycles. The van der Waals surface area contributed by atoms with Gasteiger partial charge in [0.2, 0.25) is 0 Å². The average molecular weight is 280 g/mol. The van der Waals surface area contributed by atoms with Crippen molar-refractivity contribution in [2.45, 2.75) is 26.7 Å². The fraction of sp³-hybridized carbons (Fsp3) is 0.294. The predicted molar refractivity (Wildman–Crippen MR) is 81.5 cm³/mol. The van der Waals surface area contributed by atoms with Gasteiger partial charge in [0.25, 0.3) is 0 Å². The highest BCUT2D eigenvalue weighted by Crippen LogP contribution is 2.26. The zero-order valence-corrected chi connectivity index (χ0v) is 12.3. The van der Waals surface area contributed by atoms with E-state index in [0.717, 1.165) is 12.8 Å². The maximum Gasteiger partial charge on any atom is 0.166 e. The van der Waals surface area contributed by atoms with Crippen LogP contribution in [0.15, 0.2) is 72.6 Å². The van der Waals surface area contributed by atoms with E-state index in [0.29, 0.717) is 12.4 Å². The van der Waals surface area contributed by atoms with Crippen molar-refractivity contribution in [1.29, 1.82) is 0 Å². The van der Waals surface area contributed by atoms with Crippen molar-refractivity contribution < 1.29 is 13.5 Å². The minimum Gasteiger partial charge on any atom is -0.494 e. The molecule has 20 heavy (non-hydrogen) atoms. The van der Waals surface area contributed by atoms with E-state index < -0.39 is 11.7 Å². The second kappa shape index (κ2) is 9.08. The van der Waals surface area contributed by atoms with Gasteiger partial charge in [0.15, 0.2) is 11.7 Å². The van der Waals surface area contributed by atoms with E-state index in [4.69, 9.17) is 4.74 Å². The van der Waals surface area contributed by atoms with Crippen LogP contribution in [0.2, 0.25) is 0 Å². The van der Waals surface area contributed by atoms with Crippen molar-refractivity contribution in [2.24, 2.45) is 0 Å². The third kappa shape index (κ3) is 6.32. The number of halogens is 2. The Morgan fingerprint density at radius 2 is 1.65 bits per heavy atom. The minimum atomic E-state index is -1.05. The van der Waals surface area contributed by atoms with Gasteiger partial charge in [-0.05, 0) is 30.6 Å². The van der Waals surface area contributed by atoms with Gasteiger partial charge in [0.05, 0.1) is 6.61 Å². The summed E-state index contributed by atoms with van der Waals surface area (Å²) in [5.74, 6) is -1.62. The van der Waals surface area contributed by atoms with Crippen molar-refractivity contribution in [3.05, 3.63) is 72.6 Å². The predicted octanol–water partition coefficient (Wildman–Crippen LogP) is 5.71. The molecule has 0 aromatic heterocycles. The molecule has 0 bridgehead atoms. The van der Waals surface area contributed by atoms with E-state index in [1.807, 2.05) is 0 Å². The first-order valence-electron chi connectivity index (χ1n) is 6.40. The topological polar surface area (TPSA) is 9.23 Å². The Morgan fingerprint density at radius 3 is 2.15 bits per heavy atom. The zero-order valence-electron chi connectivity index (χ0n) is 12.3. The van der Waals surface area contributed by atoms with Crippen molar-refractivity contribution in [3.8, 4) is 0 Å². The lowest BCUT2D eigenvalue weighted by atomic mass is 10.1. The molecule has 0 spiro atoms. The van der Waals surface area contributed by atoms with Crippen LogP contribution < -0.4 is 0 Å². The molecule has 3 heteroatoms. The van der Waals surface area contributed by atoms with Crippen LogP contribution in [0.25, 0.3) is 0 Å². The number of hydrogen-bond acceptors (Lipinski definition) is 1. The number of hydrogen-bond donors (Lipinski definition) is 0. The molecule has 0 fully saturated rings. The van der Waals surface area contributed by atoms with E-state index in [1.165, 1.54) is 13.0 Å². The number of allylic oxidation sites excluding steroid dienone is 7. The molecule has 0 heterocycles. The maximum absolute atomic E-state index is 13.7. The first kappa shape index (κ1) is 18.1. The summed E-state index contributed by atoms with van der Waals surface area (Å²) in [5.41, 5.74) is 0.134. The largest absolute Gasteiger partial charge is 0.494 e. The molecular weight excluding hydrogens is 258 g/mol. The lowest BCUT2D eigenvalue weighted by Crippen LogP contribution is -1.92. The van der Waals surface area contributed by atoms with Gasteiger partial charge in [0, 0.05) is 5.57 Å². The van der Waals surface area contributed by atoms with Crippen LogP contribution in [-0.4, -0.2) is 6.61 Å². The maximum atomic E-state index is 13.7. The Bertz CT molecular complexity index is 467. The molecule has 0 radical (unpaired) electrons.